The number of hydrogen-bond acceptors (Lipinski definition) is 3. The molecule has 0 saturated heterocycles. The smallest absolute Gasteiger partial charge is 0.276 e. The third-order valence-corrected chi connectivity index (χ3v) is 4.69. The fourth-order valence-electron chi connectivity index (χ4n) is 3.00. The molecular weight excluding hydrogens is 304 g/mol. The highest BCUT2D eigenvalue weighted by atomic mass is 16.5. The number of ether oxygens (including phenoxy) is 1. The maximum absolute atomic E-state index is 11.8. The van der Waals surface area contributed by atoms with Crippen molar-refractivity contribution in [2.24, 2.45) is 5.92 Å². The van der Waals surface area contributed by atoms with Crippen LogP contribution in [0.2, 0.25) is 0 Å². The van der Waals surface area contributed by atoms with E-state index in [9.17, 15) is 9.59 Å². The van der Waals surface area contributed by atoms with Crippen molar-refractivity contribution in [3.05, 3.63) is 29.3 Å². The molecule has 132 valence electrons. The van der Waals surface area contributed by atoms with E-state index in [1.807, 2.05) is 32.0 Å². The van der Waals surface area contributed by atoms with Crippen molar-refractivity contribution in [2.75, 3.05) is 6.61 Å². The Morgan fingerprint density at radius 3 is 2.46 bits per heavy atom. The minimum Gasteiger partial charge on any atom is -0.484 e. The van der Waals surface area contributed by atoms with Crippen molar-refractivity contribution in [1.82, 2.24) is 10.9 Å². The van der Waals surface area contributed by atoms with Gasteiger partial charge in [-0.05, 0) is 49.4 Å². The lowest BCUT2D eigenvalue weighted by atomic mass is 9.86. The van der Waals surface area contributed by atoms with Gasteiger partial charge in [0.15, 0.2) is 6.61 Å². The molecule has 0 atom stereocenters. The van der Waals surface area contributed by atoms with Crippen LogP contribution in [0.15, 0.2) is 18.2 Å². The largest absolute Gasteiger partial charge is 0.484 e. The summed E-state index contributed by atoms with van der Waals surface area (Å²) in [5.41, 5.74) is 7.16. The topological polar surface area (TPSA) is 67.4 Å². The molecule has 0 unspecified atom stereocenters. The number of nitrogens with one attached hydrogen (secondary N) is 2. The first kappa shape index (κ1) is 18.3. The Kier molecular flexibility index (Phi) is 7.09. The van der Waals surface area contributed by atoms with Crippen molar-refractivity contribution in [2.45, 2.75) is 58.8 Å². The highest BCUT2D eigenvalue weighted by Crippen LogP contribution is 2.27. The molecule has 0 aromatic heterocycles. The Bertz CT molecular complexity index is 566. The Morgan fingerprint density at radius 1 is 1.04 bits per heavy atom. The average molecular weight is 332 g/mol. The Balaban J connectivity index is 1.61. The molecular formula is C19H28N2O3. The van der Waals surface area contributed by atoms with E-state index in [2.05, 4.69) is 10.9 Å². The zero-order valence-corrected chi connectivity index (χ0v) is 14.7. The molecule has 1 fully saturated rings. The minimum absolute atomic E-state index is 0.120. The second-order valence-corrected chi connectivity index (χ2v) is 6.67. The van der Waals surface area contributed by atoms with Gasteiger partial charge in [-0.25, -0.2) is 0 Å². The Morgan fingerprint density at radius 2 is 1.75 bits per heavy atom. The second kappa shape index (κ2) is 9.30. The number of carbonyl (C=O) groups is 2. The van der Waals surface area contributed by atoms with E-state index in [0.717, 1.165) is 12.0 Å². The lowest BCUT2D eigenvalue weighted by Crippen LogP contribution is -2.43. The molecule has 1 aromatic carbocycles. The van der Waals surface area contributed by atoms with Crippen LogP contribution in [0.4, 0.5) is 0 Å². The van der Waals surface area contributed by atoms with Gasteiger partial charge in [-0.15, -0.1) is 0 Å². The summed E-state index contributed by atoms with van der Waals surface area (Å²) in [6.45, 7) is 3.90. The third kappa shape index (κ3) is 6.22. The summed E-state index contributed by atoms with van der Waals surface area (Å²) < 4.78 is 5.43. The minimum atomic E-state index is -0.362. The predicted molar refractivity (Wildman–Crippen MR) is 93.5 cm³/mol. The molecule has 1 aliphatic carbocycles. The second-order valence-electron chi connectivity index (χ2n) is 6.67. The Hall–Kier alpha value is -2.04. The van der Waals surface area contributed by atoms with Crippen molar-refractivity contribution in [3.8, 4) is 5.75 Å². The normalized spacial score (nSPS) is 14.9. The van der Waals surface area contributed by atoms with E-state index in [1.165, 1.54) is 37.7 Å². The fourth-order valence-corrected chi connectivity index (χ4v) is 3.00. The van der Waals surface area contributed by atoms with Crippen LogP contribution in [0.1, 0.15) is 56.1 Å². The molecule has 0 radical (unpaired) electrons. The van der Waals surface area contributed by atoms with Crippen LogP contribution in [-0.2, 0) is 9.59 Å². The first-order valence-electron chi connectivity index (χ1n) is 8.82. The van der Waals surface area contributed by atoms with Crippen LogP contribution < -0.4 is 15.6 Å². The van der Waals surface area contributed by atoms with E-state index in [-0.39, 0.29) is 18.4 Å². The van der Waals surface area contributed by atoms with Crippen LogP contribution in [0.25, 0.3) is 0 Å². The van der Waals surface area contributed by atoms with Crippen LogP contribution in [-0.4, -0.2) is 18.4 Å². The van der Waals surface area contributed by atoms with Gasteiger partial charge in [-0.1, -0.05) is 38.2 Å². The first-order chi connectivity index (χ1) is 11.5. The molecule has 1 saturated carbocycles. The van der Waals surface area contributed by atoms with E-state index in [4.69, 9.17) is 4.74 Å². The summed E-state index contributed by atoms with van der Waals surface area (Å²) in [7, 11) is 0. The SMILES string of the molecule is Cc1ccc(OCC(=O)NNC(=O)CCC2CCCCC2)cc1C. The third-order valence-electron chi connectivity index (χ3n) is 4.69. The fraction of sp³-hybridized carbons (Fsp3) is 0.579. The number of rotatable bonds is 6. The van der Waals surface area contributed by atoms with Gasteiger partial charge >= 0.3 is 0 Å². The standard InChI is InChI=1S/C19H28N2O3/c1-14-8-10-17(12-15(14)2)24-13-19(23)21-20-18(22)11-9-16-6-4-3-5-7-16/h8,10,12,16H,3-7,9,11,13H2,1-2H3,(H,20,22)(H,21,23). The van der Waals surface area contributed by atoms with E-state index >= 15 is 0 Å². The maximum atomic E-state index is 11.8. The molecule has 2 rings (SSSR count). The summed E-state index contributed by atoms with van der Waals surface area (Å²) in [5, 5.41) is 0. The molecule has 2 N–H and O–H groups in total. The van der Waals surface area contributed by atoms with Gasteiger partial charge in [-0.2, -0.15) is 0 Å². The number of hydrogen-bond donors (Lipinski definition) is 2. The summed E-state index contributed by atoms with van der Waals surface area (Å²) in [4.78, 5) is 23.5. The van der Waals surface area contributed by atoms with Gasteiger partial charge in [0.2, 0.25) is 5.91 Å². The number of aryl methyl sites for hydroxylation is 2. The Labute approximate surface area is 144 Å². The zero-order chi connectivity index (χ0) is 17.4. The van der Waals surface area contributed by atoms with Crippen LogP contribution in [0, 0.1) is 19.8 Å². The number of benzene rings is 1. The van der Waals surface area contributed by atoms with Crippen LogP contribution in [0.5, 0.6) is 5.75 Å². The molecule has 1 aromatic rings. The highest BCUT2D eigenvalue weighted by molar-refractivity contribution is 5.82. The summed E-state index contributed by atoms with van der Waals surface area (Å²) in [5.74, 6) is 0.810. The predicted octanol–water partition coefficient (Wildman–Crippen LogP) is 3.19. The molecule has 0 aliphatic heterocycles. The zero-order valence-electron chi connectivity index (χ0n) is 14.7. The molecule has 0 heterocycles. The van der Waals surface area contributed by atoms with Gasteiger partial charge < -0.3 is 4.74 Å². The summed E-state index contributed by atoms with van der Waals surface area (Å²) >= 11 is 0. The van der Waals surface area contributed by atoms with Crippen LogP contribution >= 0.6 is 0 Å². The van der Waals surface area contributed by atoms with Crippen molar-refractivity contribution in [1.29, 1.82) is 0 Å². The monoisotopic (exact) mass is 332 g/mol. The van der Waals surface area contributed by atoms with Gasteiger partial charge in [0.25, 0.3) is 5.91 Å². The van der Waals surface area contributed by atoms with Crippen LogP contribution in [0.3, 0.4) is 0 Å². The lowest BCUT2D eigenvalue weighted by Gasteiger charge is -2.21. The molecule has 0 spiro atoms. The summed E-state index contributed by atoms with van der Waals surface area (Å²) in [6, 6.07) is 5.68. The van der Waals surface area contributed by atoms with Crippen molar-refractivity contribution < 1.29 is 14.3 Å². The number of amides is 2. The lowest BCUT2D eigenvalue weighted by molar-refractivity contribution is -0.130. The van der Waals surface area contributed by atoms with E-state index in [1.54, 1.807) is 0 Å². The number of hydrazine groups is 1. The molecule has 2 amide bonds. The van der Waals surface area contributed by atoms with Gasteiger partial charge in [0, 0.05) is 6.42 Å². The molecule has 5 heteroatoms. The highest BCUT2D eigenvalue weighted by Gasteiger charge is 2.15. The molecule has 0 bridgehead atoms. The maximum Gasteiger partial charge on any atom is 0.276 e. The average Bonchev–Trinajstić information content (AvgIpc) is 2.60. The molecule has 24 heavy (non-hydrogen) atoms. The number of carbonyl (C=O) groups excluding carboxylic acids is 2. The van der Waals surface area contributed by atoms with Gasteiger partial charge in [0.1, 0.15) is 5.75 Å². The molecule has 5 nitrogen and oxygen atoms in total. The van der Waals surface area contributed by atoms with Crippen molar-refractivity contribution in [3.63, 3.8) is 0 Å². The van der Waals surface area contributed by atoms with Gasteiger partial charge in [-0.3, -0.25) is 20.4 Å². The quantitative estimate of drug-likeness (QED) is 0.786. The van der Waals surface area contributed by atoms with Crippen molar-refractivity contribution >= 4 is 11.8 Å². The molecule has 1 aliphatic rings. The van der Waals surface area contributed by atoms with E-state index < -0.39 is 0 Å². The van der Waals surface area contributed by atoms with E-state index in [0.29, 0.717) is 18.1 Å². The summed E-state index contributed by atoms with van der Waals surface area (Å²) in [6.07, 6.45) is 7.69. The first-order valence-corrected chi connectivity index (χ1v) is 8.82. The van der Waals surface area contributed by atoms with Gasteiger partial charge in [0.05, 0.1) is 0 Å².